The Hall–Kier alpha value is -1.86. The number of nitrogens with two attached hydrogens (primary N) is 8. The van der Waals surface area contributed by atoms with E-state index in [4.69, 9.17) is 74.3 Å². The van der Waals surface area contributed by atoms with Crippen LogP contribution in [0.15, 0.2) is 0 Å². The Labute approximate surface area is 317 Å². The molecule has 2 saturated heterocycles. The SMILES string of the molecule is NC[C@H]1O[C@H](O[C@H]2[C@H](OCC(=O)NCCCNC(=O)CO[C@@H]3[C@@H](O)[C@H](N)C[C@H](N)[C@H]3O[C@H]3O[C@H](CN)[C@@H](O)[C@H](O)[C@H]3N)[C@@H](O)[C@H](N)C[C@@H]2N)[C@H](N)[C@@H](O)[C@@H]1O. The quantitative estimate of drug-likeness (QED) is 0.0644. The van der Waals surface area contributed by atoms with Gasteiger partial charge in [0, 0.05) is 50.3 Å². The van der Waals surface area contributed by atoms with E-state index in [-0.39, 0.29) is 39.0 Å². The number of aliphatic hydroxyl groups excluding tert-OH is 6. The van der Waals surface area contributed by atoms with Crippen molar-refractivity contribution in [2.45, 2.75) is 141 Å². The number of carbonyl (C=O) groups excluding carboxylic acids is 2. The summed E-state index contributed by atoms with van der Waals surface area (Å²) >= 11 is 0. The molecule has 4 aliphatic rings. The summed E-state index contributed by atoms with van der Waals surface area (Å²) in [6.07, 6.45) is -16.6. The normalized spacial score (nSPS) is 45.2. The molecule has 20 atom stereocenters. The second-order valence-corrected chi connectivity index (χ2v) is 14.6. The average Bonchev–Trinajstić information content (AvgIpc) is 3.15. The van der Waals surface area contributed by atoms with E-state index in [9.17, 15) is 40.2 Å². The summed E-state index contributed by atoms with van der Waals surface area (Å²) < 4.78 is 34.6. The Morgan fingerprint density at radius 2 is 0.909 bits per heavy atom. The zero-order chi connectivity index (χ0) is 40.7. The maximum absolute atomic E-state index is 12.6. The van der Waals surface area contributed by atoms with Gasteiger partial charge in [-0.2, -0.15) is 0 Å². The summed E-state index contributed by atoms with van der Waals surface area (Å²) in [5.74, 6) is -1.13. The summed E-state index contributed by atoms with van der Waals surface area (Å²) in [7, 11) is 0. The molecule has 0 aromatic rings. The first kappa shape index (κ1) is 45.8. The lowest BCUT2D eigenvalue weighted by Gasteiger charge is -2.46. The summed E-state index contributed by atoms with van der Waals surface area (Å²) in [4.78, 5) is 25.3. The van der Waals surface area contributed by atoms with Gasteiger partial charge in [-0.05, 0) is 19.3 Å². The standard InChI is InChI=1S/C31H62N10O14/c32-6-14-22(46)24(48)18(38)30(52-14)54-26-12(36)4-10(34)20(44)28(26)50-8-16(42)40-2-1-3-41-17(43)9-51-29-21(45)11(35)5-13(37)27(29)55-31-19(39)25(49)23(47)15(7-33)53-31/h10-15,18-31,44-49H,1-9,32-39H2,(H,40,42)(H,41,43)/t10-,11-,12+,13+,14-,15-,18-,19-,20+,21+,22-,23-,24-,25-,26-,27-,28-,29-,30-,31-/m1/s1. The molecular formula is C31H62N10O14. The van der Waals surface area contributed by atoms with Crippen molar-refractivity contribution in [2.24, 2.45) is 45.9 Å². The Balaban J connectivity index is 1.21. The van der Waals surface area contributed by atoms with Crippen molar-refractivity contribution in [3.8, 4) is 0 Å². The lowest BCUT2D eigenvalue weighted by molar-refractivity contribution is -0.290. The number of ether oxygens (including phenoxy) is 6. The molecule has 0 bridgehead atoms. The molecule has 0 radical (unpaired) electrons. The molecular weight excluding hydrogens is 736 g/mol. The molecule has 24 heteroatoms. The maximum atomic E-state index is 12.6. The van der Waals surface area contributed by atoms with E-state index in [0.29, 0.717) is 6.42 Å². The smallest absolute Gasteiger partial charge is 0.246 e. The van der Waals surface area contributed by atoms with Gasteiger partial charge in [-0.15, -0.1) is 0 Å². The van der Waals surface area contributed by atoms with Crippen LogP contribution in [0, 0.1) is 0 Å². The number of rotatable bonds is 16. The van der Waals surface area contributed by atoms with Crippen LogP contribution in [0.1, 0.15) is 19.3 Å². The predicted molar refractivity (Wildman–Crippen MR) is 188 cm³/mol. The minimum atomic E-state index is -1.42. The molecule has 2 saturated carbocycles. The van der Waals surface area contributed by atoms with Crippen LogP contribution in [-0.4, -0.2) is 204 Å². The van der Waals surface area contributed by atoms with Gasteiger partial charge in [-0.1, -0.05) is 0 Å². The Morgan fingerprint density at radius 3 is 1.25 bits per heavy atom. The van der Waals surface area contributed by atoms with Gasteiger partial charge in [0.2, 0.25) is 11.8 Å². The highest BCUT2D eigenvalue weighted by atomic mass is 16.7. The highest BCUT2D eigenvalue weighted by Crippen LogP contribution is 2.30. The lowest BCUT2D eigenvalue weighted by atomic mass is 9.84. The van der Waals surface area contributed by atoms with Gasteiger partial charge >= 0.3 is 0 Å². The second kappa shape index (κ2) is 20.7. The van der Waals surface area contributed by atoms with Crippen molar-refractivity contribution < 1.29 is 68.6 Å². The first-order valence-corrected chi connectivity index (χ1v) is 18.4. The molecule has 2 amide bonds. The van der Waals surface area contributed by atoms with E-state index < -0.39 is 147 Å². The first-order valence-electron chi connectivity index (χ1n) is 18.4. The fraction of sp³-hybridized carbons (Fsp3) is 0.935. The van der Waals surface area contributed by atoms with E-state index in [1.807, 2.05) is 0 Å². The van der Waals surface area contributed by atoms with Gasteiger partial charge < -0.3 is 116 Å². The maximum Gasteiger partial charge on any atom is 0.246 e. The minimum absolute atomic E-state index is 0.119. The van der Waals surface area contributed by atoms with Gasteiger partial charge in [-0.3, -0.25) is 9.59 Å². The minimum Gasteiger partial charge on any atom is -0.389 e. The van der Waals surface area contributed by atoms with Crippen molar-refractivity contribution in [1.82, 2.24) is 10.6 Å². The molecule has 24 N–H and O–H groups in total. The van der Waals surface area contributed by atoms with Gasteiger partial charge in [0.15, 0.2) is 12.6 Å². The molecule has 0 aromatic heterocycles. The average molecular weight is 799 g/mol. The number of hydrogen-bond donors (Lipinski definition) is 16. The van der Waals surface area contributed by atoms with Gasteiger partial charge in [0.1, 0.15) is 74.3 Å². The van der Waals surface area contributed by atoms with E-state index in [2.05, 4.69) is 10.6 Å². The molecule has 2 aliphatic carbocycles. The van der Waals surface area contributed by atoms with Gasteiger partial charge in [-0.25, -0.2) is 0 Å². The van der Waals surface area contributed by atoms with Crippen LogP contribution in [0.5, 0.6) is 0 Å². The molecule has 320 valence electrons. The van der Waals surface area contributed by atoms with Crippen molar-refractivity contribution in [3.63, 3.8) is 0 Å². The zero-order valence-corrected chi connectivity index (χ0v) is 30.5. The lowest BCUT2D eigenvalue weighted by Crippen LogP contribution is -2.68. The monoisotopic (exact) mass is 798 g/mol. The van der Waals surface area contributed by atoms with Crippen molar-refractivity contribution in [1.29, 1.82) is 0 Å². The van der Waals surface area contributed by atoms with Crippen LogP contribution in [0.3, 0.4) is 0 Å². The molecule has 24 nitrogen and oxygen atoms in total. The summed E-state index contributed by atoms with van der Waals surface area (Å²) in [6, 6.07) is -5.53. The number of carbonyl (C=O) groups is 2. The molecule has 4 fully saturated rings. The molecule has 0 unspecified atom stereocenters. The number of aliphatic hydroxyl groups is 6. The summed E-state index contributed by atoms with van der Waals surface area (Å²) in [5, 5.41) is 67.9. The van der Waals surface area contributed by atoms with Gasteiger partial charge in [0.05, 0.1) is 24.3 Å². The fourth-order valence-corrected chi connectivity index (χ4v) is 7.12. The fourth-order valence-electron chi connectivity index (χ4n) is 7.12. The molecule has 0 aromatic carbocycles. The first-order chi connectivity index (χ1) is 26.0. The van der Waals surface area contributed by atoms with E-state index in [1.165, 1.54) is 0 Å². The Kier molecular flexibility index (Phi) is 17.3. The molecule has 2 aliphatic heterocycles. The van der Waals surface area contributed by atoms with Crippen molar-refractivity contribution in [3.05, 3.63) is 0 Å². The Bertz CT molecular complexity index is 1130. The van der Waals surface area contributed by atoms with Crippen LogP contribution < -0.4 is 56.5 Å². The van der Waals surface area contributed by atoms with Gasteiger partial charge in [0.25, 0.3) is 0 Å². The molecule has 2 heterocycles. The van der Waals surface area contributed by atoms with Crippen LogP contribution in [0.25, 0.3) is 0 Å². The predicted octanol–water partition coefficient (Wildman–Crippen LogP) is -10.5. The number of nitrogens with one attached hydrogen (secondary N) is 2. The Morgan fingerprint density at radius 1 is 0.545 bits per heavy atom. The topological polar surface area (TPSA) is 443 Å². The van der Waals surface area contributed by atoms with Crippen molar-refractivity contribution in [2.75, 3.05) is 39.4 Å². The second-order valence-electron chi connectivity index (χ2n) is 14.6. The third kappa shape index (κ3) is 11.2. The third-order valence-corrected chi connectivity index (χ3v) is 10.5. The van der Waals surface area contributed by atoms with Crippen molar-refractivity contribution >= 4 is 11.8 Å². The molecule has 0 spiro atoms. The number of hydrogen-bond acceptors (Lipinski definition) is 22. The highest BCUT2D eigenvalue weighted by Gasteiger charge is 2.50. The van der Waals surface area contributed by atoms with E-state index in [1.54, 1.807) is 0 Å². The van der Waals surface area contributed by atoms with Crippen LogP contribution in [0.2, 0.25) is 0 Å². The van der Waals surface area contributed by atoms with Crippen LogP contribution >= 0.6 is 0 Å². The van der Waals surface area contributed by atoms with E-state index in [0.717, 1.165) is 0 Å². The van der Waals surface area contributed by atoms with Crippen LogP contribution in [-0.2, 0) is 38.0 Å². The molecule has 55 heavy (non-hydrogen) atoms. The summed E-state index contributed by atoms with van der Waals surface area (Å²) in [5.41, 5.74) is 48.0. The largest absolute Gasteiger partial charge is 0.389 e. The molecule has 4 rings (SSSR count). The number of amides is 2. The third-order valence-electron chi connectivity index (χ3n) is 10.5. The van der Waals surface area contributed by atoms with Crippen LogP contribution in [0.4, 0.5) is 0 Å². The highest BCUT2D eigenvalue weighted by molar-refractivity contribution is 5.77. The van der Waals surface area contributed by atoms with E-state index >= 15 is 0 Å². The summed E-state index contributed by atoms with van der Waals surface area (Å²) in [6.45, 7) is -1.08. The zero-order valence-electron chi connectivity index (χ0n) is 30.5.